The van der Waals surface area contributed by atoms with Gasteiger partial charge in [-0.1, -0.05) is 13.0 Å². The van der Waals surface area contributed by atoms with Crippen LogP contribution < -0.4 is 5.32 Å². The van der Waals surface area contributed by atoms with Gasteiger partial charge < -0.3 is 14.5 Å². The van der Waals surface area contributed by atoms with Crippen molar-refractivity contribution in [1.82, 2.24) is 5.32 Å². The smallest absolute Gasteiger partial charge is 0.126 e. The first-order valence-corrected chi connectivity index (χ1v) is 6.27. The summed E-state index contributed by atoms with van der Waals surface area (Å²) in [6.07, 6.45) is 5.38. The topological polar surface area (TPSA) is 34.4 Å². The fraction of sp³-hybridized carbons (Fsp3) is 0.571. The lowest BCUT2D eigenvalue weighted by Crippen LogP contribution is -2.18. The molecule has 3 nitrogen and oxygen atoms in total. The second-order valence-electron chi connectivity index (χ2n) is 4.66. The van der Waals surface area contributed by atoms with Crippen LogP contribution in [0.3, 0.4) is 0 Å². The second-order valence-corrected chi connectivity index (χ2v) is 4.66. The van der Waals surface area contributed by atoms with E-state index in [1.165, 1.54) is 6.42 Å². The zero-order valence-electron chi connectivity index (χ0n) is 10.6. The van der Waals surface area contributed by atoms with E-state index in [2.05, 4.69) is 24.4 Å². The summed E-state index contributed by atoms with van der Waals surface area (Å²) >= 11 is 0. The van der Waals surface area contributed by atoms with Crippen LogP contribution in [0, 0.1) is 5.92 Å². The summed E-state index contributed by atoms with van der Waals surface area (Å²) in [7, 11) is 1.71. The van der Waals surface area contributed by atoms with Crippen LogP contribution >= 0.6 is 0 Å². The highest BCUT2D eigenvalue weighted by molar-refractivity contribution is 5.43. The highest BCUT2D eigenvalue weighted by Gasteiger charge is 2.36. The van der Waals surface area contributed by atoms with Gasteiger partial charge in [-0.05, 0) is 30.5 Å². The maximum absolute atomic E-state index is 5.77. The van der Waals surface area contributed by atoms with Crippen LogP contribution in [-0.4, -0.2) is 26.8 Å². The maximum atomic E-state index is 5.77. The Morgan fingerprint density at radius 3 is 3.06 bits per heavy atom. The molecule has 0 amide bonds. The van der Waals surface area contributed by atoms with Gasteiger partial charge in [0.25, 0.3) is 0 Å². The summed E-state index contributed by atoms with van der Waals surface area (Å²) in [6.45, 7) is 4.74. The monoisotopic (exact) mass is 235 g/mol. The SMILES string of the molecule is COCCNCC=Cc1ccc(C2CC2C)o1. The molecular weight excluding hydrogens is 214 g/mol. The van der Waals surface area contributed by atoms with E-state index in [0.29, 0.717) is 5.92 Å². The molecule has 0 radical (unpaired) electrons. The van der Waals surface area contributed by atoms with Gasteiger partial charge in [0.2, 0.25) is 0 Å². The molecule has 94 valence electrons. The molecule has 1 fully saturated rings. The van der Waals surface area contributed by atoms with E-state index in [9.17, 15) is 0 Å². The van der Waals surface area contributed by atoms with Gasteiger partial charge in [0.05, 0.1) is 6.61 Å². The fourth-order valence-electron chi connectivity index (χ4n) is 1.91. The molecular formula is C14H21NO2. The van der Waals surface area contributed by atoms with Crippen LogP contribution in [0.5, 0.6) is 0 Å². The van der Waals surface area contributed by atoms with Crippen molar-refractivity contribution >= 4 is 6.08 Å². The number of nitrogens with one attached hydrogen (secondary N) is 1. The van der Waals surface area contributed by atoms with Crippen molar-refractivity contribution in [3.8, 4) is 0 Å². The van der Waals surface area contributed by atoms with E-state index in [1.54, 1.807) is 7.11 Å². The zero-order chi connectivity index (χ0) is 12.1. The third-order valence-electron chi connectivity index (χ3n) is 3.15. The molecule has 1 aromatic rings. The van der Waals surface area contributed by atoms with E-state index in [1.807, 2.05) is 12.1 Å². The largest absolute Gasteiger partial charge is 0.461 e. The second kappa shape index (κ2) is 6.03. The van der Waals surface area contributed by atoms with Gasteiger partial charge >= 0.3 is 0 Å². The lowest BCUT2D eigenvalue weighted by molar-refractivity contribution is 0.200. The van der Waals surface area contributed by atoms with Crippen LogP contribution in [-0.2, 0) is 4.74 Å². The minimum absolute atomic E-state index is 0.664. The molecule has 0 saturated heterocycles. The van der Waals surface area contributed by atoms with Gasteiger partial charge in [-0.2, -0.15) is 0 Å². The molecule has 1 N–H and O–H groups in total. The van der Waals surface area contributed by atoms with Crippen molar-refractivity contribution in [2.45, 2.75) is 19.3 Å². The van der Waals surface area contributed by atoms with Crippen LogP contribution in [0.25, 0.3) is 6.08 Å². The minimum Gasteiger partial charge on any atom is -0.461 e. The summed E-state index contributed by atoms with van der Waals surface area (Å²) in [5, 5.41) is 3.25. The average Bonchev–Trinajstić information content (AvgIpc) is 2.89. The van der Waals surface area contributed by atoms with Crippen LogP contribution in [0.2, 0.25) is 0 Å². The molecule has 17 heavy (non-hydrogen) atoms. The average molecular weight is 235 g/mol. The Morgan fingerprint density at radius 1 is 1.53 bits per heavy atom. The number of hydrogen-bond acceptors (Lipinski definition) is 3. The fourth-order valence-corrected chi connectivity index (χ4v) is 1.91. The van der Waals surface area contributed by atoms with Gasteiger partial charge in [-0.25, -0.2) is 0 Å². The minimum atomic E-state index is 0.664. The summed E-state index contributed by atoms with van der Waals surface area (Å²) in [6, 6.07) is 4.15. The first-order chi connectivity index (χ1) is 8.31. The number of methoxy groups -OCH3 is 1. The molecule has 1 aliphatic rings. The van der Waals surface area contributed by atoms with E-state index < -0.39 is 0 Å². The molecule has 2 unspecified atom stereocenters. The van der Waals surface area contributed by atoms with Crippen molar-refractivity contribution in [2.24, 2.45) is 5.92 Å². The Balaban J connectivity index is 1.71. The Hall–Kier alpha value is -1.06. The summed E-state index contributed by atoms with van der Waals surface area (Å²) < 4.78 is 10.7. The predicted octanol–water partition coefficient (Wildman–Crippen LogP) is 2.65. The molecule has 0 bridgehead atoms. The van der Waals surface area contributed by atoms with Crippen molar-refractivity contribution in [3.63, 3.8) is 0 Å². The summed E-state index contributed by atoms with van der Waals surface area (Å²) in [4.78, 5) is 0. The number of ether oxygens (including phenoxy) is 1. The molecule has 1 saturated carbocycles. The third-order valence-corrected chi connectivity index (χ3v) is 3.15. The number of furan rings is 1. The van der Waals surface area contributed by atoms with Crippen molar-refractivity contribution < 1.29 is 9.15 Å². The quantitative estimate of drug-likeness (QED) is 0.738. The van der Waals surface area contributed by atoms with E-state index in [-0.39, 0.29) is 0 Å². The molecule has 3 heteroatoms. The number of rotatable bonds is 7. The van der Waals surface area contributed by atoms with Crippen LogP contribution in [0.4, 0.5) is 0 Å². The van der Waals surface area contributed by atoms with Gasteiger partial charge in [0.1, 0.15) is 11.5 Å². The first-order valence-electron chi connectivity index (χ1n) is 6.27. The lowest BCUT2D eigenvalue weighted by atomic mass is 10.3. The highest BCUT2D eigenvalue weighted by Crippen LogP contribution is 2.47. The number of hydrogen-bond donors (Lipinski definition) is 1. The highest BCUT2D eigenvalue weighted by atomic mass is 16.5. The van der Waals surface area contributed by atoms with Crippen LogP contribution in [0.1, 0.15) is 30.8 Å². The van der Waals surface area contributed by atoms with Gasteiger partial charge in [0, 0.05) is 26.1 Å². The van der Waals surface area contributed by atoms with Crippen molar-refractivity contribution in [1.29, 1.82) is 0 Å². The Labute approximate surface area is 103 Å². The molecule has 1 aliphatic carbocycles. The lowest BCUT2D eigenvalue weighted by Gasteiger charge is -1.98. The van der Waals surface area contributed by atoms with Gasteiger partial charge in [-0.15, -0.1) is 0 Å². The molecule has 0 aromatic carbocycles. The standard InChI is InChI=1S/C14H21NO2/c1-11-10-13(11)14-6-5-12(17-14)4-3-7-15-8-9-16-2/h3-6,11,13,15H,7-10H2,1-2H3. The van der Waals surface area contributed by atoms with E-state index in [4.69, 9.17) is 9.15 Å². The summed E-state index contributed by atoms with van der Waals surface area (Å²) in [5.74, 6) is 3.56. The van der Waals surface area contributed by atoms with E-state index in [0.717, 1.165) is 37.1 Å². The van der Waals surface area contributed by atoms with Crippen LogP contribution in [0.15, 0.2) is 22.6 Å². The van der Waals surface area contributed by atoms with Crippen molar-refractivity contribution in [3.05, 3.63) is 29.7 Å². The normalized spacial score (nSPS) is 23.4. The van der Waals surface area contributed by atoms with Crippen molar-refractivity contribution in [2.75, 3.05) is 26.8 Å². The first kappa shape index (κ1) is 12.4. The molecule has 2 rings (SSSR count). The van der Waals surface area contributed by atoms with Gasteiger partial charge in [0.15, 0.2) is 0 Å². The Kier molecular flexibility index (Phi) is 4.40. The molecule has 1 heterocycles. The predicted molar refractivity (Wildman–Crippen MR) is 69.0 cm³/mol. The molecule has 2 atom stereocenters. The molecule has 1 aromatic heterocycles. The van der Waals surface area contributed by atoms with Gasteiger partial charge in [-0.3, -0.25) is 0 Å². The Bertz CT molecular complexity index is 370. The Morgan fingerprint density at radius 2 is 2.35 bits per heavy atom. The molecule has 0 spiro atoms. The van der Waals surface area contributed by atoms with E-state index >= 15 is 0 Å². The maximum Gasteiger partial charge on any atom is 0.126 e. The zero-order valence-corrected chi connectivity index (χ0v) is 10.6. The summed E-state index contributed by atoms with van der Waals surface area (Å²) in [5.41, 5.74) is 0. The molecule has 0 aliphatic heterocycles. The third kappa shape index (κ3) is 3.72.